The van der Waals surface area contributed by atoms with Crippen LogP contribution in [0.5, 0.6) is 5.75 Å². The molecule has 0 saturated heterocycles. The van der Waals surface area contributed by atoms with Crippen LogP contribution in [0.3, 0.4) is 0 Å². The first-order valence-electron chi connectivity index (χ1n) is 15.3. The highest BCUT2D eigenvalue weighted by molar-refractivity contribution is 7.92. The van der Waals surface area contributed by atoms with E-state index in [1.165, 1.54) is 30.2 Å². The lowest BCUT2D eigenvalue weighted by molar-refractivity contribution is -0.140. The Hall–Kier alpha value is -4.34. The summed E-state index contributed by atoms with van der Waals surface area (Å²) in [6.45, 7) is 8.89. The minimum absolute atomic E-state index is 0.00526. The van der Waals surface area contributed by atoms with Gasteiger partial charge in [-0.05, 0) is 76.1 Å². The molecular weight excluding hydrogens is 634 g/mol. The first-order chi connectivity index (χ1) is 22.2. The number of rotatable bonds is 12. The molecule has 0 radical (unpaired) electrons. The molecule has 4 rings (SSSR count). The third kappa shape index (κ3) is 9.36. The molecule has 0 aliphatic rings. The second-order valence-corrected chi connectivity index (χ2v) is 14.9. The van der Waals surface area contributed by atoms with E-state index in [-0.39, 0.29) is 40.2 Å². The van der Waals surface area contributed by atoms with Crippen LogP contribution in [0.15, 0.2) is 102 Å². The fraction of sp³-hybridized carbons (Fsp3) is 0.297. The zero-order valence-electron chi connectivity index (χ0n) is 27.7. The molecule has 0 aliphatic carbocycles. The van der Waals surface area contributed by atoms with Crippen molar-refractivity contribution in [2.24, 2.45) is 0 Å². The van der Waals surface area contributed by atoms with E-state index in [0.29, 0.717) is 0 Å². The second-order valence-electron chi connectivity index (χ2n) is 12.6. The first kappa shape index (κ1) is 35.5. The third-order valence-electron chi connectivity index (χ3n) is 7.54. The van der Waals surface area contributed by atoms with Gasteiger partial charge in [-0.2, -0.15) is 0 Å². The molecule has 4 aromatic carbocycles. The van der Waals surface area contributed by atoms with Gasteiger partial charge in [-0.1, -0.05) is 89.5 Å². The highest BCUT2D eigenvalue weighted by Gasteiger charge is 2.36. The zero-order valence-corrected chi connectivity index (χ0v) is 29.2. The van der Waals surface area contributed by atoms with Crippen molar-refractivity contribution in [2.75, 3.05) is 18.0 Å². The summed E-state index contributed by atoms with van der Waals surface area (Å²) in [4.78, 5) is 30.2. The van der Waals surface area contributed by atoms with Crippen molar-refractivity contribution in [2.45, 2.75) is 64.1 Å². The van der Waals surface area contributed by atoms with E-state index >= 15 is 0 Å². The number of carbonyl (C=O) groups is 2. The number of sulfonamides is 1. The number of carbonyl (C=O) groups excluding carboxylic acids is 2. The third-order valence-corrected chi connectivity index (χ3v) is 9.55. The molecule has 8 nitrogen and oxygen atoms in total. The highest BCUT2D eigenvalue weighted by atomic mass is 35.5. The Balaban J connectivity index is 1.86. The van der Waals surface area contributed by atoms with Gasteiger partial charge >= 0.3 is 0 Å². The summed E-state index contributed by atoms with van der Waals surface area (Å²) >= 11 is 6.37. The van der Waals surface area contributed by atoms with Crippen molar-refractivity contribution >= 4 is 39.1 Å². The van der Waals surface area contributed by atoms with Crippen LogP contribution in [0.2, 0.25) is 5.02 Å². The van der Waals surface area contributed by atoms with Gasteiger partial charge in [0, 0.05) is 23.5 Å². The number of halogens is 1. The fourth-order valence-corrected chi connectivity index (χ4v) is 6.69. The van der Waals surface area contributed by atoms with E-state index in [1.54, 1.807) is 24.3 Å². The van der Waals surface area contributed by atoms with Crippen LogP contribution in [0.1, 0.15) is 43.0 Å². The highest BCUT2D eigenvalue weighted by Crippen LogP contribution is 2.35. The van der Waals surface area contributed by atoms with E-state index in [0.717, 1.165) is 26.6 Å². The summed E-state index contributed by atoms with van der Waals surface area (Å²) in [6, 6.07) is 27.1. The number of nitrogens with one attached hydrogen (secondary N) is 1. The number of benzene rings is 4. The van der Waals surface area contributed by atoms with Gasteiger partial charge in [-0.3, -0.25) is 13.9 Å². The second kappa shape index (κ2) is 15.0. The summed E-state index contributed by atoms with van der Waals surface area (Å²) in [6.07, 6.45) is 0.214. The largest absolute Gasteiger partial charge is 0.495 e. The smallest absolute Gasteiger partial charge is 0.264 e. The van der Waals surface area contributed by atoms with Gasteiger partial charge in [-0.25, -0.2) is 8.42 Å². The van der Waals surface area contributed by atoms with Crippen molar-refractivity contribution in [3.8, 4) is 5.75 Å². The summed E-state index contributed by atoms with van der Waals surface area (Å²) in [5.41, 5.74) is 3.08. The van der Waals surface area contributed by atoms with Gasteiger partial charge in [0.05, 0.1) is 17.7 Å². The Morgan fingerprint density at radius 3 is 2.02 bits per heavy atom. The molecule has 0 saturated carbocycles. The molecule has 1 N–H and O–H groups in total. The van der Waals surface area contributed by atoms with Crippen molar-refractivity contribution in [1.82, 2.24) is 10.2 Å². The van der Waals surface area contributed by atoms with Crippen molar-refractivity contribution in [3.63, 3.8) is 0 Å². The monoisotopic (exact) mass is 675 g/mol. The Morgan fingerprint density at radius 2 is 1.45 bits per heavy atom. The van der Waals surface area contributed by atoms with Gasteiger partial charge in [0.1, 0.15) is 18.3 Å². The molecular formula is C37H42ClN3O5S. The number of nitrogens with zero attached hydrogens (tertiary/aromatic N) is 2. The maximum Gasteiger partial charge on any atom is 0.264 e. The fourth-order valence-electron chi connectivity index (χ4n) is 5.11. The SMILES string of the molecule is COc1ccc(Cl)cc1N(CC(=O)N(Cc1ccc(C)cc1)[C@H](Cc1ccccc1)C(=O)NC(C)(C)C)S(=O)(=O)c1ccc(C)cc1. The van der Waals surface area contributed by atoms with Crippen molar-refractivity contribution in [3.05, 3.63) is 124 Å². The molecule has 0 bridgehead atoms. The van der Waals surface area contributed by atoms with E-state index in [9.17, 15) is 18.0 Å². The molecule has 47 heavy (non-hydrogen) atoms. The molecule has 1 atom stereocenters. The molecule has 2 amide bonds. The van der Waals surface area contributed by atoms with Crippen LogP contribution >= 0.6 is 11.6 Å². The van der Waals surface area contributed by atoms with Gasteiger partial charge in [-0.15, -0.1) is 0 Å². The predicted molar refractivity (Wildman–Crippen MR) is 187 cm³/mol. The maximum atomic E-state index is 14.7. The molecule has 0 fully saturated rings. The van der Waals surface area contributed by atoms with Crippen LogP contribution in [0, 0.1) is 13.8 Å². The Kier molecular flexibility index (Phi) is 11.4. The predicted octanol–water partition coefficient (Wildman–Crippen LogP) is 6.72. The number of ether oxygens (including phenoxy) is 1. The van der Waals surface area contributed by atoms with Crippen molar-refractivity contribution in [1.29, 1.82) is 0 Å². The van der Waals surface area contributed by atoms with Crippen LogP contribution in [0.25, 0.3) is 0 Å². The summed E-state index contributed by atoms with van der Waals surface area (Å²) < 4.78 is 35.2. The van der Waals surface area contributed by atoms with Crippen LogP contribution in [0.4, 0.5) is 5.69 Å². The minimum Gasteiger partial charge on any atom is -0.495 e. The topological polar surface area (TPSA) is 96.0 Å². The first-order valence-corrected chi connectivity index (χ1v) is 17.1. The molecule has 4 aromatic rings. The van der Waals surface area contributed by atoms with Gasteiger partial charge in [0.15, 0.2) is 0 Å². The molecule has 0 aliphatic heterocycles. The van der Waals surface area contributed by atoms with Crippen molar-refractivity contribution < 1.29 is 22.7 Å². The average Bonchev–Trinajstić information content (AvgIpc) is 3.02. The van der Waals surface area contributed by atoms with Gasteiger partial charge < -0.3 is 15.0 Å². The summed E-state index contributed by atoms with van der Waals surface area (Å²) in [5.74, 6) is -0.711. The standard InChI is InChI=1S/C37H42ClN3O5S/c1-26-12-16-29(17-13-26)24-40(33(36(43)39-37(3,4)5)22-28-10-8-7-9-11-28)35(42)25-41(32-23-30(38)18-21-34(32)46-6)47(44,45)31-19-14-27(2)15-20-31/h7-21,23,33H,22,24-25H2,1-6H3,(H,39,43)/t33-/m1/s1. The Morgan fingerprint density at radius 1 is 0.851 bits per heavy atom. The number of hydrogen-bond donors (Lipinski definition) is 1. The Bertz CT molecular complexity index is 1790. The van der Waals surface area contributed by atoms with Gasteiger partial charge in [0.2, 0.25) is 11.8 Å². The normalized spacial score (nSPS) is 12.2. The number of methoxy groups -OCH3 is 1. The lowest BCUT2D eigenvalue weighted by Gasteiger charge is -2.35. The zero-order chi connectivity index (χ0) is 34.4. The van der Waals surface area contributed by atoms with Gasteiger partial charge in [0.25, 0.3) is 10.0 Å². The molecule has 0 heterocycles. The molecule has 248 valence electrons. The lowest BCUT2D eigenvalue weighted by atomic mass is 10.0. The van der Waals surface area contributed by atoms with E-state index in [4.69, 9.17) is 16.3 Å². The number of amides is 2. The number of hydrogen-bond acceptors (Lipinski definition) is 5. The van der Waals surface area contributed by atoms with E-state index in [2.05, 4.69) is 5.32 Å². The number of anilines is 1. The summed E-state index contributed by atoms with van der Waals surface area (Å²) in [7, 11) is -2.90. The van der Waals surface area contributed by atoms with E-state index < -0.39 is 34.1 Å². The molecule has 0 spiro atoms. The van der Waals surface area contributed by atoms with Crippen LogP contribution in [-0.2, 0) is 32.6 Å². The maximum absolute atomic E-state index is 14.7. The molecule has 0 unspecified atom stereocenters. The number of aryl methyl sites for hydroxylation is 2. The Labute approximate surface area is 283 Å². The average molecular weight is 676 g/mol. The van der Waals surface area contributed by atoms with Crippen LogP contribution in [-0.4, -0.2) is 50.4 Å². The lowest BCUT2D eigenvalue weighted by Crippen LogP contribution is -2.56. The minimum atomic E-state index is -4.31. The molecule has 10 heteroatoms. The van der Waals surface area contributed by atoms with Crippen LogP contribution < -0.4 is 14.4 Å². The summed E-state index contributed by atoms with van der Waals surface area (Å²) in [5, 5.41) is 3.30. The quantitative estimate of drug-likeness (QED) is 0.180. The van der Waals surface area contributed by atoms with E-state index in [1.807, 2.05) is 89.2 Å². The molecule has 0 aromatic heterocycles.